The van der Waals surface area contributed by atoms with Gasteiger partial charge >= 0.3 is 0 Å². The molecule has 0 aliphatic heterocycles. The first kappa shape index (κ1) is 14.3. The molecule has 0 fully saturated rings. The molecule has 3 nitrogen and oxygen atoms in total. The fourth-order valence-corrected chi connectivity index (χ4v) is 2.48. The zero-order valence-electron chi connectivity index (χ0n) is 9.86. The van der Waals surface area contributed by atoms with Crippen molar-refractivity contribution in [2.75, 3.05) is 0 Å². The second kappa shape index (κ2) is 6.38. The maximum absolute atomic E-state index is 12.1. The maximum Gasteiger partial charge on any atom is 0.252 e. The molecule has 1 amide bonds. The van der Waals surface area contributed by atoms with Crippen molar-refractivity contribution >= 4 is 44.4 Å². The van der Waals surface area contributed by atoms with E-state index in [0.717, 1.165) is 13.6 Å². The van der Waals surface area contributed by atoms with E-state index in [1.165, 1.54) is 0 Å². The summed E-state index contributed by atoms with van der Waals surface area (Å²) in [5.41, 5.74) is 1.55. The summed E-state index contributed by atoms with van der Waals surface area (Å²) in [6.07, 6.45) is 0. The molecule has 0 aliphatic rings. The highest BCUT2D eigenvalue weighted by atomic mass is 127. The van der Waals surface area contributed by atoms with Crippen molar-refractivity contribution in [3.05, 3.63) is 61.6 Å². The third-order valence-electron chi connectivity index (χ3n) is 2.56. The first-order valence-electron chi connectivity index (χ1n) is 5.57. The van der Waals surface area contributed by atoms with E-state index in [9.17, 15) is 9.90 Å². The standard InChI is InChI=1S/C14H11BrINO2/c15-13-6-3-10(16)7-12(13)14(19)17-8-9-1-4-11(18)5-2-9/h1-7,18H,8H2,(H,17,19). The largest absolute Gasteiger partial charge is 0.508 e. The highest BCUT2D eigenvalue weighted by Gasteiger charge is 2.10. The monoisotopic (exact) mass is 431 g/mol. The second-order valence-electron chi connectivity index (χ2n) is 3.97. The summed E-state index contributed by atoms with van der Waals surface area (Å²) in [6, 6.07) is 12.4. The van der Waals surface area contributed by atoms with E-state index in [4.69, 9.17) is 0 Å². The number of carbonyl (C=O) groups excluding carboxylic acids is 1. The van der Waals surface area contributed by atoms with Gasteiger partial charge in [0.2, 0.25) is 0 Å². The molecular weight excluding hydrogens is 421 g/mol. The highest BCUT2D eigenvalue weighted by molar-refractivity contribution is 14.1. The first-order chi connectivity index (χ1) is 9.06. The van der Waals surface area contributed by atoms with Crippen LogP contribution in [0.25, 0.3) is 0 Å². The van der Waals surface area contributed by atoms with Crippen LogP contribution in [0.1, 0.15) is 15.9 Å². The SMILES string of the molecule is O=C(NCc1ccc(O)cc1)c1cc(I)ccc1Br. The number of phenols is 1. The number of rotatable bonds is 3. The van der Waals surface area contributed by atoms with Crippen LogP contribution in [0, 0.1) is 3.57 Å². The van der Waals surface area contributed by atoms with Gasteiger partial charge in [-0.05, 0) is 74.4 Å². The average Bonchev–Trinajstić information content (AvgIpc) is 2.40. The number of benzene rings is 2. The van der Waals surface area contributed by atoms with E-state index in [1.807, 2.05) is 18.2 Å². The number of hydrogen-bond donors (Lipinski definition) is 2. The third kappa shape index (κ3) is 3.94. The molecule has 5 heteroatoms. The lowest BCUT2D eigenvalue weighted by atomic mass is 10.2. The molecule has 0 saturated carbocycles. The molecule has 0 bridgehead atoms. The Bertz CT molecular complexity index is 599. The van der Waals surface area contributed by atoms with Crippen LogP contribution < -0.4 is 5.32 Å². The van der Waals surface area contributed by atoms with Crippen molar-refractivity contribution in [1.29, 1.82) is 0 Å². The Morgan fingerprint density at radius 3 is 2.58 bits per heavy atom. The van der Waals surface area contributed by atoms with E-state index in [0.29, 0.717) is 12.1 Å². The van der Waals surface area contributed by atoms with Gasteiger partial charge in [0.05, 0.1) is 5.56 Å². The molecule has 0 radical (unpaired) electrons. The van der Waals surface area contributed by atoms with E-state index in [-0.39, 0.29) is 11.7 Å². The molecule has 0 unspecified atom stereocenters. The van der Waals surface area contributed by atoms with E-state index in [2.05, 4.69) is 43.8 Å². The van der Waals surface area contributed by atoms with E-state index >= 15 is 0 Å². The number of nitrogens with one attached hydrogen (secondary N) is 1. The van der Waals surface area contributed by atoms with Gasteiger partial charge in [-0.1, -0.05) is 12.1 Å². The van der Waals surface area contributed by atoms with Crippen molar-refractivity contribution in [1.82, 2.24) is 5.32 Å². The van der Waals surface area contributed by atoms with Crippen molar-refractivity contribution in [3.8, 4) is 5.75 Å². The minimum absolute atomic E-state index is 0.126. The normalized spacial score (nSPS) is 10.2. The van der Waals surface area contributed by atoms with Crippen LogP contribution in [0.4, 0.5) is 0 Å². The molecule has 2 N–H and O–H groups in total. The molecule has 2 aromatic rings. The van der Waals surface area contributed by atoms with Gasteiger partial charge in [0, 0.05) is 14.6 Å². The first-order valence-corrected chi connectivity index (χ1v) is 7.44. The predicted molar refractivity (Wildman–Crippen MR) is 86.1 cm³/mol. The van der Waals surface area contributed by atoms with Crippen molar-refractivity contribution in [3.63, 3.8) is 0 Å². The van der Waals surface area contributed by atoms with E-state index < -0.39 is 0 Å². The number of halogens is 2. The Morgan fingerprint density at radius 1 is 1.21 bits per heavy atom. The molecule has 0 saturated heterocycles. The lowest BCUT2D eigenvalue weighted by Gasteiger charge is -2.07. The predicted octanol–water partition coefficient (Wildman–Crippen LogP) is 3.69. The summed E-state index contributed by atoms with van der Waals surface area (Å²) >= 11 is 5.54. The fourth-order valence-electron chi connectivity index (χ4n) is 1.56. The van der Waals surface area contributed by atoms with Gasteiger partial charge in [-0.3, -0.25) is 4.79 Å². The molecule has 98 valence electrons. The number of phenolic OH excluding ortho intramolecular Hbond substituents is 1. The lowest BCUT2D eigenvalue weighted by molar-refractivity contribution is 0.0950. The van der Waals surface area contributed by atoms with Gasteiger partial charge in [-0.2, -0.15) is 0 Å². The van der Waals surface area contributed by atoms with Crippen molar-refractivity contribution in [2.24, 2.45) is 0 Å². The Hall–Kier alpha value is -1.08. The number of aromatic hydroxyl groups is 1. The van der Waals surface area contributed by atoms with E-state index in [1.54, 1.807) is 24.3 Å². The smallest absolute Gasteiger partial charge is 0.252 e. The van der Waals surface area contributed by atoms with Crippen LogP contribution in [-0.4, -0.2) is 11.0 Å². The minimum Gasteiger partial charge on any atom is -0.508 e. The summed E-state index contributed by atoms with van der Waals surface area (Å²) in [4.78, 5) is 12.1. The van der Waals surface area contributed by atoms with Gasteiger partial charge in [-0.15, -0.1) is 0 Å². The van der Waals surface area contributed by atoms with Gasteiger partial charge in [0.25, 0.3) is 5.91 Å². The molecule has 0 spiro atoms. The Labute approximate surface area is 133 Å². The quantitative estimate of drug-likeness (QED) is 0.728. The second-order valence-corrected chi connectivity index (χ2v) is 6.07. The van der Waals surface area contributed by atoms with Crippen LogP contribution in [0.15, 0.2) is 46.9 Å². The Balaban J connectivity index is 2.05. The summed E-state index contributed by atoms with van der Waals surface area (Å²) < 4.78 is 1.78. The van der Waals surface area contributed by atoms with Crippen molar-refractivity contribution in [2.45, 2.75) is 6.54 Å². The van der Waals surface area contributed by atoms with Gasteiger partial charge in [-0.25, -0.2) is 0 Å². The topological polar surface area (TPSA) is 49.3 Å². The van der Waals surface area contributed by atoms with Crippen molar-refractivity contribution < 1.29 is 9.90 Å². The summed E-state index contributed by atoms with van der Waals surface area (Å²) in [5.74, 6) is 0.0916. The fraction of sp³-hybridized carbons (Fsp3) is 0.0714. The summed E-state index contributed by atoms with van der Waals surface area (Å²) in [5, 5.41) is 12.0. The molecule has 2 rings (SSSR count). The minimum atomic E-state index is -0.126. The molecule has 0 aromatic heterocycles. The van der Waals surface area contributed by atoms with Crippen LogP contribution in [0.2, 0.25) is 0 Å². The zero-order valence-corrected chi connectivity index (χ0v) is 13.6. The Kier molecular flexibility index (Phi) is 4.81. The number of hydrogen-bond acceptors (Lipinski definition) is 2. The Morgan fingerprint density at radius 2 is 1.89 bits per heavy atom. The van der Waals surface area contributed by atoms with Gasteiger partial charge in [0.1, 0.15) is 5.75 Å². The van der Waals surface area contributed by atoms with Crippen LogP contribution >= 0.6 is 38.5 Å². The lowest BCUT2D eigenvalue weighted by Crippen LogP contribution is -2.23. The van der Waals surface area contributed by atoms with Gasteiger partial charge < -0.3 is 10.4 Å². The molecule has 0 atom stereocenters. The summed E-state index contributed by atoms with van der Waals surface area (Å²) in [7, 11) is 0. The number of carbonyl (C=O) groups is 1. The molecule has 0 aliphatic carbocycles. The molecule has 19 heavy (non-hydrogen) atoms. The van der Waals surface area contributed by atoms with Crippen LogP contribution in [0.3, 0.4) is 0 Å². The average molecular weight is 432 g/mol. The molecule has 2 aromatic carbocycles. The van der Waals surface area contributed by atoms with Crippen LogP contribution in [0.5, 0.6) is 5.75 Å². The third-order valence-corrected chi connectivity index (χ3v) is 3.92. The van der Waals surface area contributed by atoms with Gasteiger partial charge in [0.15, 0.2) is 0 Å². The zero-order chi connectivity index (χ0) is 13.8. The molecule has 0 heterocycles. The highest BCUT2D eigenvalue weighted by Crippen LogP contribution is 2.19. The van der Waals surface area contributed by atoms with Crippen LogP contribution in [-0.2, 0) is 6.54 Å². The maximum atomic E-state index is 12.1. The summed E-state index contributed by atoms with van der Waals surface area (Å²) in [6.45, 7) is 0.428. The molecular formula is C14H11BrINO2. The number of amides is 1.